The molecule has 0 saturated heterocycles. The SMILES string of the molecule is O=S(=O)(Cl)c1ccc(Cl)cc1-c1ncco1. The van der Waals surface area contributed by atoms with Gasteiger partial charge in [-0.15, -0.1) is 0 Å². The fourth-order valence-corrected chi connectivity index (χ4v) is 2.45. The first-order valence-electron chi connectivity index (χ1n) is 4.12. The van der Waals surface area contributed by atoms with Crippen molar-refractivity contribution in [3.05, 3.63) is 35.7 Å². The summed E-state index contributed by atoms with van der Waals surface area (Å²) in [5.74, 6) is 0.154. The molecule has 0 spiro atoms. The van der Waals surface area contributed by atoms with Gasteiger partial charge >= 0.3 is 0 Å². The first-order valence-corrected chi connectivity index (χ1v) is 6.81. The van der Waals surface area contributed by atoms with Crippen molar-refractivity contribution in [2.24, 2.45) is 0 Å². The molecule has 7 heteroatoms. The van der Waals surface area contributed by atoms with Gasteiger partial charge < -0.3 is 4.42 Å². The predicted octanol–water partition coefficient (Wildman–Crippen LogP) is 2.92. The van der Waals surface area contributed by atoms with Crippen LogP contribution in [0.4, 0.5) is 0 Å². The summed E-state index contributed by atoms with van der Waals surface area (Å²) in [7, 11) is 1.43. The second-order valence-corrected chi connectivity index (χ2v) is 5.89. The molecule has 1 aromatic heterocycles. The van der Waals surface area contributed by atoms with E-state index >= 15 is 0 Å². The molecule has 0 unspecified atom stereocenters. The smallest absolute Gasteiger partial charge is 0.262 e. The highest BCUT2D eigenvalue weighted by atomic mass is 35.7. The van der Waals surface area contributed by atoms with Crippen LogP contribution in [-0.2, 0) is 9.05 Å². The lowest BCUT2D eigenvalue weighted by molar-refractivity contribution is 0.571. The molecule has 0 bridgehead atoms. The third-order valence-corrected chi connectivity index (χ3v) is 3.48. The van der Waals surface area contributed by atoms with Gasteiger partial charge in [-0.2, -0.15) is 0 Å². The lowest BCUT2D eigenvalue weighted by atomic mass is 10.2. The van der Waals surface area contributed by atoms with Crippen LogP contribution in [0.15, 0.2) is 40.0 Å². The van der Waals surface area contributed by atoms with Crippen LogP contribution in [0, 0.1) is 0 Å². The molecular formula is C9H5Cl2NO3S. The fourth-order valence-electron chi connectivity index (χ4n) is 1.24. The number of halogens is 2. The molecule has 0 fully saturated rings. The van der Waals surface area contributed by atoms with E-state index in [1.54, 1.807) is 0 Å². The second-order valence-electron chi connectivity index (χ2n) is 2.92. The Morgan fingerprint density at radius 3 is 2.62 bits per heavy atom. The lowest BCUT2D eigenvalue weighted by Crippen LogP contribution is -1.94. The van der Waals surface area contributed by atoms with Gasteiger partial charge in [-0.25, -0.2) is 13.4 Å². The fraction of sp³-hybridized carbons (Fsp3) is 0. The first-order chi connectivity index (χ1) is 7.48. The van der Waals surface area contributed by atoms with Crippen LogP contribution >= 0.6 is 22.3 Å². The zero-order chi connectivity index (χ0) is 11.8. The first kappa shape index (κ1) is 11.4. The van der Waals surface area contributed by atoms with Crippen LogP contribution in [-0.4, -0.2) is 13.4 Å². The Morgan fingerprint density at radius 2 is 2.06 bits per heavy atom. The van der Waals surface area contributed by atoms with Crippen LogP contribution in [0.25, 0.3) is 11.5 Å². The van der Waals surface area contributed by atoms with Gasteiger partial charge in [0.1, 0.15) is 6.26 Å². The summed E-state index contributed by atoms with van der Waals surface area (Å²) >= 11 is 5.78. The summed E-state index contributed by atoms with van der Waals surface area (Å²) in [6.07, 6.45) is 2.74. The summed E-state index contributed by atoms with van der Waals surface area (Å²) in [5.41, 5.74) is 0.243. The Balaban J connectivity index is 2.73. The van der Waals surface area contributed by atoms with E-state index < -0.39 is 9.05 Å². The van der Waals surface area contributed by atoms with Crippen molar-refractivity contribution in [1.29, 1.82) is 0 Å². The van der Waals surface area contributed by atoms with E-state index in [0.29, 0.717) is 5.02 Å². The molecule has 0 radical (unpaired) electrons. The van der Waals surface area contributed by atoms with Crippen LogP contribution < -0.4 is 0 Å². The van der Waals surface area contributed by atoms with Crippen LogP contribution in [0.1, 0.15) is 0 Å². The maximum atomic E-state index is 11.3. The van der Waals surface area contributed by atoms with Crippen molar-refractivity contribution in [2.45, 2.75) is 4.90 Å². The van der Waals surface area contributed by atoms with Crippen molar-refractivity contribution < 1.29 is 12.8 Å². The number of benzene rings is 1. The summed E-state index contributed by atoms with van der Waals surface area (Å²) in [6, 6.07) is 4.18. The normalized spacial score (nSPS) is 11.6. The quantitative estimate of drug-likeness (QED) is 0.792. The topological polar surface area (TPSA) is 60.2 Å². The molecule has 16 heavy (non-hydrogen) atoms. The number of aromatic nitrogens is 1. The molecule has 1 heterocycles. The minimum Gasteiger partial charge on any atom is -0.444 e. The monoisotopic (exact) mass is 277 g/mol. The van der Waals surface area contributed by atoms with Gasteiger partial charge in [0, 0.05) is 15.7 Å². The maximum Gasteiger partial charge on any atom is 0.262 e. The Labute approximate surface area is 101 Å². The van der Waals surface area contributed by atoms with Gasteiger partial charge in [0.05, 0.1) is 16.7 Å². The zero-order valence-corrected chi connectivity index (χ0v) is 10.1. The van der Waals surface area contributed by atoms with Gasteiger partial charge in [-0.1, -0.05) is 11.6 Å². The Kier molecular flexibility index (Phi) is 2.92. The van der Waals surface area contributed by atoms with E-state index in [-0.39, 0.29) is 16.3 Å². The standard InChI is InChI=1S/C9H5Cl2NO3S/c10-6-1-2-8(16(11,13)14)7(5-6)9-12-3-4-15-9/h1-5H. The predicted molar refractivity (Wildman–Crippen MR) is 60.0 cm³/mol. The molecule has 2 rings (SSSR count). The Hall–Kier alpha value is -1.04. The van der Waals surface area contributed by atoms with E-state index in [1.165, 1.54) is 30.7 Å². The number of oxazole rings is 1. The van der Waals surface area contributed by atoms with Crippen molar-refractivity contribution in [1.82, 2.24) is 4.98 Å². The van der Waals surface area contributed by atoms with Crippen molar-refractivity contribution in [3.63, 3.8) is 0 Å². The average Bonchev–Trinajstić information content (AvgIpc) is 2.68. The number of rotatable bonds is 2. The van der Waals surface area contributed by atoms with Crippen molar-refractivity contribution >= 4 is 31.3 Å². The van der Waals surface area contributed by atoms with Gasteiger partial charge in [0.2, 0.25) is 5.89 Å². The van der Waals surface area contributed by atoms with Crippen LogP contribution in [0.3, 0.4) is 0 Å². The molecule has 0 aliphatic rings. The van der Waals surface area contributed by atoms with E-state index in [2.05, 4.69) is 4.98 Å². The molecule has 84 valence electrons. The molecule has 0 amide bonds. The zero-order valence-electron chi connectivity index (χ0n) is 7.72. The molecule has 0 N–H and O–H groups in total. The maximum absolute atomic E-state index is 11.3. The molecule has 0 atom stereocenters. The minimum absolute atomic E-state index is 0.0824. The third kappa shape index (κ3) is 2.21. The Bertz CT molecular complexity index is 608. The Morgan fingerprint density at radius 1 is 1.31 bits per heavy atom. The summed E-state index contributed by atoms with van der Waals surface area (Å²) < 4.78 is 27.6. The lowest BCUT2D eigenvalue weighted by Gasteiger charge is -2.03. The highest BCUT2D eigenvalue weighted by Gasteiger charge is 2.19. The van der Waals surface area contributed by atoms with Gasteiger partial charge in [-0.3, -0.25) is 0 Å². The summed E-state index contributed by atoms with van der Waals surface area (Å²) in [5, 5.41) is 0.372. The van der Waals surface area contributed by atoms with Gasteiger partial charge in [0.25, 0.3) is 9.05 Å². The van der Waals surface area contributed by atoms with E-state index in [4.69, 9.17) is 26.7 Å². The molecule has 4 nitrogen and oxygen atoms in total. The largest absolute Gasteiger partial charge is 0.444 e. The molecule has 0 aliphatic carbocycles. The van der Waals surface area contributed by atoms with E-state index in [9.17, 15) is 8.42 Å². The third-order valence-electron chi connectivity index (χ3n) is 1.87. The molecule has 0 saturated carbocycles. The molecular weight excluding hydrogens is 273 g/mol. The number of nitrogens with zero attached hydrogens (tertiary/aromatic N) is 1. The minimum atomic E-state index is -3.86. The second kappa shape index (κ2) is 4.08. The average molecular weight is 278 g/mol. The summed E-state index contributed by atoms with van der Waals surface area (Å²) in [4.78, 5) is 3.77. The number of hydrogen-bond acceptors (Lipinski definition) is 4. The van der Waals surface area contributed by atoms with Crippen LogP contribution in [0.2, 0.25) is 5.02 Å². The highest BCUT2D eigenvalue weighted by Crippen LogP contribution is 2.30. The van der Waals surface area contributed by atoms with E-state index in [0.717, 1.165) is 0 Å². The van der Waals surface area contributed by atoms with Crippen molar-refractivity contribution in [3.8, 4) is 11.5 Å². The molecule has 0 aliphatic heterocycles. The number of hydrogen-bond donors (Lipinski definition) is 0. The molecule has 2 aromatic rings. The van der Waals surface area contributed by atoms with Crippen molar-refractivity contribution in [2.75, 3.05) is 0 Å². The summed E-state index contributed by atoms with van der Waals surface area (Å²) in [6.45, 7) is 0. The van der Waals surface area contributed by atoms with Gasteiger partial charge in [0.15, 0.2) is 0 Å². The molecule has 1 aromatic carbocycles. The highest BCUT2D eigenvalue weighted by molar-refractivity contribution is 8.13. The van der Waals surface area contributed by atoms with Crippen LogP contribution in [0.5, 0.6) is 0 Å². The van der Waals surface area contributed by atoms with E-state index in [1.807, 2.05) is 0 Å². The van der Waals surface area contributed by atoms with Gasteiger partial charge in [-0.05, 0) is 18.2 Å².